The van der Waals surface area contributed by atoms with Gasteiger partial charge in [-0.15, -0.1) is 0 Å². The molecule has 1 amide bonds. The summed E-state index contributed by atoms with van der Waals surface area (Å²) in [4.78, 5) is 24.9. The lowest BCUT2D eigenvalue weighted by Crippen LogP contribution is -2.60. The van der Waals surface area contributed by atoms with Crippen LogP contribution >= 0.6 is 0 Å². The maximum absolute atomic E-state index is 12.7. The van der Waals surface area contributed by atoms with Crippen molar-refractivity contribution in [2.24, 2.45) is 0 Å². The summed E-state index contributed by atoms with van der Waals surface area (Å²) in [6.07, 6.45) is 1.42. The lowest BCUT2D eigenvalue weighted by molar-refractivity contribution is -0.384. The van der Waals surface area contributed by atoms with Crippen molar-refractivity contribution >= 4 is 11.6 Å². The van der Waals surface area contributed by atoms with Crippen molar-refractivity contribution in [3.8, 4) is 0 Å². The van der Waals surface area contributed by atoms with Gasteiger partial charge in [-0.25, -0.2) is 0 Å². The van der Waals surface area contributed by atoms with E-state index in [1.165, 1.54) is 12.3 Å². The molecule has 0 aromatic carbocycles. The topological polar surface area (TPSA) is 80.4 Å². The Morgan fingerprint density at radius 3 is 2.80 bits per heavy atom. The van der Waals surface area contributed by atoms with Crippen LogP contribution in [-0.2, 0) is 6.54 Å². The van der Waals surface area contributed by atoms with E-state index >= 15 is 0 Å². The van der Waals surface area contributed by atoms with Crippen LogP contribution in [-0.4, -0.2) is 45.5 Å². The van der Waals surface area contributed by atoms with Crippen molar-refractivity contribution in [1.29, 1.82) is 0 Å². The number of aryl methyl sites for hydroxylation is 1. The van der Waals surface area contributed by atoms with Crippen LogP contribution < -0.4 is 5.32 Å². The summed E-state index contributed by atoms with van der Waals surface area (Å²) in [5, 5.41) is 14.1. The monoisotopic (exact) mass is 280 g/mol. The molecule has 7 heteroatoms. The summed E-state index contributed by atoms with van der Waals surface area (Å²) in [7, 11) is 0. The van der Waals surface area contributed by atoms with Crippen molar-refractivity contribution in [2.45, 2.75) is 32.9 Å². The zero-order chi connectivity index (χ0) is 14.9. The molecule has 0 spiro atoms. The molecule has 0 bridgehead atoms. The van der Waals surface area contributed by atoms with Gasteiger partial charge in [-0.2, -0.15) is 0 Å². The van der Waals surface area contributed by atoms with E-state index in [0.29, 0.717) is 25.3 Å². The van der Waals surface area contributed by atoms with Gasteiger partial charge in [-0.05, 0) is 20.8 Å². The van der Waals surface area contributed by atoms with Gasteiger partial charge in [0.2, 0.25) is 0 Å². The number of aromatic nitrogens is 1. The molecule has 1 saturated heterocycles. The van der Waals surface area contributed by atoms with E-state index in [-0.39, 0.29) is 17.1 Å². The number of rotatable bonds is 3. The summed E-state index contributed by atoms with van der Waals surface area (Å²) in [5.41, 5.74) is 0.0461. The van der Waals surface area contributed by atoms with Crippen molar-refractivity contribution in [3.05, 3.63) is 28.1 Å². The second-order valence-corrected chi connectivity index (χ2v) is 5.57. The molecule has 2 rings (SSSR count). The molecule has 1 N–H and O–H groups in total. The SMILES string of the molecule is CCn1cc([N+](=O)[O-])cc1C(=O)N1CCNCC1(C)C. The zero-order valence-electron chi connectivity index (χ0n) is 12.0. The van der Waals surface area contributed by atoms with E-state index in [9.17, 15) is 14.9 Å². The molecule has 1 aliphatic heterocycles. The minimum atomic E-state index is -0.466. The first kappa shape index (κ1) is 14.5. The molecule has 110 valence electrons. The predicted molar refractivity (Wildman–Crippen MR) is 74.7 cm³/mol. The Morgan fingerprint density at radius 1 is 1.55 bits per heavy atom. The third kappa shape index (κ3) is 2.53. The molecule has 1 aromatic heterocycles. The highest BCUT2D eigenvalue weighted by molar-refractivity contribution is 5.94. The summed E-state index contributed by atoms with van der Waals surface area (Å²) in [6.45, 7) is 8.44. The highest BCUT2D eigenvalue weighted by atomic mass is 16.6. The molecule has 0 radical (unpaired) electrons. The van der Waals surface area contributed by atoms with Gasteiger partial charge in [0.1, 0.15) is 5.69 Å². The predicted octanol–water partition coefficient (Wildman–Crippen LogP) is 1.24. The minimum absolute atomic E-state index is 0.0388. The van der Waals surface area contributed by atoms with Gasteiger partial charge < -0.3 is 14.8 Å². The van der Waals surface area contributed by atoms with Crippen LogP contribution in [0.4, 0.5) is 5.69 Å². The normalized spacial score (nSPS) is 18.1. The Balaban J connectivity index is 2.35. The van der Waals surface area contributed by atoms with Gasteiger partial charge in [-0.1, -0.05) is 0 Å². The maximum Gasteiger partial charge on any atom is 0.287 e. The van der Waals surface area contributed by atoms with Crippen LogP contribution in [0.15, 0.2) is 12.3 Å². The summed E-state index contributed by atoms with van der Waals surface area (Å²) in [6, 6.07) is 1.37. The molecule has 0 atom stereocenters. The summed E-state index contributed by atoms with van der Waals surface area (Å²) in [5.74, 6) is -0.147. The van der Waals surface area contributed by atoms with Gasteiger partial charge in [0.15, 0.2) is 0 Å². The highest BCUT2D eigenvalue weighted by Gasteiger charge is 2.35. The van der Waals surface area contributed by atoms with Crippen molar-refractivity contribution in [3.63, 3.8) is 0 Å². The molecule has 2 heterocycles. The van der Waals surface area contributed by atoms with Gasteiger partial charge in [0.05, 0.1) is 16.7 Å². The Morgan fingerprint density at radius 2 is 2.25 bits per heavy atom. The highest BCUT2D eigenvalue weighted by Crippen LogP contribution is 2.23. The average molecular weight is 280 g/mol. The molecule has 1 aliphatic rings. The van der Waals surface area contributed by atoms with Crippen molar-refractivity contribution in [2.75, 3.05) is 19.6 Å². The molecule has 7 nitrogen and oxygen atoms in total. The van der Waals surface area contributed by atoms with Crippen LogP contribution in [0.1, 0.15) is 31.3 Å². The van der Waals surface area contributed by atoms with Crippen LogP contribution in [0.2, 0.25) is 0 Å². The molecule has 0 saturated carbocycles. The van der Waals surface area contributed by atoms with Gasteiger partial charge >= 0.3 is 0 Å². The largest absolute Gasteiger partial charge is 0.337 e. The number of hydrogen-bond acceptors (Lipinski definition) is 4. The third-order valence-electron chi connectivity index (χ3n) is 3.70. The molecule has 0 aliphatic carbocycles. The number of nitrogens with zero attached hydrogens (tertiary/aromatic N) is 3. The average Bonchev–Trinajstić information content (AvgIpc) is 2.81. The fourth-order valence-electron chi connectivity index (χ4n) is 2.53. The first-order valence-electron chi connectivity index (χ1n) is 6.74. The molecule has 20 heavy (non-hydrogen) atoms. The zero-order valence-corrected chi connectivity index (χ0v) is 12.0. The fourth-order valence-corrected chi connectivity index (χ4v) is 2.53. The van der Waals surface area contributed by atoms with Crippen molar-refractivity contribution in [1.82, 2.24) is 14.8 Å². The number of hydrogen-bond donors (Lipinski definition) is 1. The van der Waals surface area contributed by atoms with Crippen LogP contribution in [0.3, 0.4) is 0 Å². The minimum Gasteiger partial charge on any atom is -0.337 e. The lowest BCUT2D eigenvalue weighted by atomic mass is 9.99. The van der Waals surface area contributed by atoms with Gasteiger partial charge in [0, 0.05) is 32.2 Å². The smallest absolute Gasteiger partial charge is 0.287 e. The number of carbonyl (C=O) groups is 1. The Bertz CT molecular complexity index is 536. The molecule has 0 unspecified atom stereocenters. The quantitative estimate of drug-likeness (QED) is 0.667. The van der Waals surface area contributed by atoms with E-state index in [2.05, 4.69) is 5.32 Å². The number of nitro groups is 1. The van der Waals surface area contributed by atoms with E-state index in [1.54, 1.807) is 9.47 Å². The second-order valence-electron chi connectivity index (χ2n) is 5.57. The second kappa shape index (κ2) is 5.24. The Hall–Kier alpha value is -1.89. The standard InChI is InChI=1S/C13H20N4O3/c1-4-15-8-10(17(19)20)7-11(15)12(18)16-6-5-14-9-13(16,2)3/h7-8,14H,4-6,9H2,1-3H3. The lowest BCUT2D eigenvalue weighted by Gasteiger charge is -2.42. The van der Waals surface area contributed by atoms with E-state index in [0.717, 1.165) is 6.54 Å². The maximum atomic E-state index is 12.7. The number of amides is 1. The summed E-state index contributed by atoms with van der Waals surface area (Å²) < 4.78 is 1.64. The van der Waals surface area contributed by atoms with Gasteiger partial charge in [0.25, 0.3) is 11.6 Å². The van der Waals surface area contributed by atoms with Crippen LogP contribution in [0.25, 0.3) is 0 Å². The van der Waals surface area contributed by atoms with Crippen molar-refractivity contribution < 1.29 is 9.72 Å². The number of nitrogens with one attached hydrogen (secondary N) is 1. The van der Waals surface area contributed by atoms with E-state index in [1.807, 2.05) is 20.8 Å². The molecule has 1 fully saturated rings. The molecular weight excluding hydrogens is 260 g/mol. The Labute approximate surface area is 117 Å². The van der Waals surface area contributed by atoms with Crippen LogP contribution in [0.5, 0.6) is 0 Å². The third-order valence-corrected chi connectivity index (χ3v) is 3.70. The molecular formula is C13H20N4O3. The number of carbonyl (C=O) groups excluding carboxylic acids is 1. The Kier molecular flexibility index (Phi) is 3.80. The van der Waals surface area contributed by atoms with E-state index < -0.39 is 4.92 Å². The fraction of sp³-hybridized carbons (Fsp3) is 0.615. The van der Waals surface area contributed by atoms with Gasteiger partial charge in [-0.3, -0.25) is 14.9 Å². The first-order chi connectivity index (χ1) is 9.36. The first-order valence-corrected chi connectivity index (χ1v) is 6.74. The molecule has 1 aromatic rings. The summed E-state index contributed by atoms with van der Waals surface area (Å²) >= 11 is 0. The van der Waals surface area contributed by atoms with Crippen LogP contribution in [0, 0.1) is 10.1 Å². The van der Waals surface area contributed by atoms with E-state index in [4.69, 9.17) is 0 Å². The number of piperazine rings is 1.